The first kappa shape index (κ1) is 13.9. The van der Waals surface area contributed by atoms with E-state index in [1.807, 2.05) is 19.2 Å². The maximum Gasteiger partial charge on any atom is 0.254 e. The van der Waals surface area contributed by atoms with Gasteiger partial charge in [0.15, 0.2) is 9.84 Å². The lowest BCUT2D eigenvalue weighted by molar-refractivity contribution is 0.0712. The van der Waals surface area contributed by atoms with E-state index in [0.717, 1.165) is 5.69 Å². The summed E-state index contributed by atoms with van der Waals surface area (Å²) in [5.74, 6) is -0.00423. The van der Waals surface area contributed by atoms with Gasteiger partial charge in [0.05, 0.1) is 11.5 Å². The van der Waals surface area contributed by atoms with Crippen molar-refractivity contribution in [2.75, 3.05) is 30.4 Å². The molecule has 2 rings (SSSR count). The van der Waals surface area contributed by atoms with Crippen molar-refractivity contribution in [3.63, 3.8) is 0 Å². The van der Waals surface area contributed by atoms with E-state index in [-0.39, 0.29) is 30.0 Å². The zero-order chi connectivity index (χ0) is 14.0. The minimum Gasteiger partial charge on any atom is -0.388 e. The Kier molecular flexibility index (Phi) is 3.80. The maximum absolute atomic E-state index is 12.3. The summed E-state index contributed by atoms with van der Waals surface area (Å²) in [7, 11) is -1.18. The third kappa shape index (κ3) is 3.07. The largest absolute Gasteiger partial charge is 0.388 e. The summed E-state index contributed by atoms with van der Waals surface area (Å²) in [5.41, 5.74) is 1.52. The van der Waals surface area contributed by atoms with Crippen molar-refractivity contribution < 1.29 is 13.2 Å². The zero-order valence-electron chi connectivity index (χ0n) is 11.1. The van der Waals surface area contributed by atoms with Gasteiger partial charge in [-0.05, 0) is 31.2 Å². The van der Waals surface area contributed by atoms with Crippen LogP contribution in [-0.2, 0) is 9.84 Å². The fourth-order valence-corrected chi connectivity index (χ4v) is 3.80. The van der Waals surface area contributed by atoms with Gasteiger partial charge in [-0.1, -0.05) is 0 Å². The Bertz CT molecular complexity index is 566. The lowest BCUT2D eigenvalue weighted by Gasteiger charge is -2.33. The fourth-order valence-electron chi connectivity index (χ4n) is 2.25. The molecule has 1 amide bonds. The number of carbonyl (C=O) groups is 1. The van der Waals surface area contributed by atoms with E-state index in [9.17, 15) is 13.2 Å². The van der Waals surface area contributed by atoms with E-state index in [4.69, 9.17) is 0 Å². The molecular formula is C13H18N2O3S. The molecular weight excluding hydrogens is 264 g/mol. The number of sulfone groups is 1. The highest BCUT2D eigenvalue weighted by atomic mass is 32.2. The van der Waals surface area contributed by atoms with Crippen LogP contribution in [0.4, 0.5) is 5.69 Å². The lowest BCUT2D eigenvalue weighted by atomic mass is 10.1. The zero-order valence-corrected chi connectivity index (χ0v) is 11.9. The Morgan fingerprint density at radius 3 is 2.47 bits per heavy atom. The first-order valence-corrected chi connectivity index (χ1v) is 8.04. The van der Waals surface area contributed by atoms with Crippen LogP contribution >= 0.6 is 0 Å². The van der Waals surface area contributed by atoms with E-state index in [0.29, 0.717) is 5.56 Å². The Morgan fingerprint density at radius 1 is 1.32 bits per heavy atom. The Morgan fingerprint density at radius 2 is 1.95 bits per heavy atom. The third-order valence-corrected chi connectivity index (χ3v) is 5.15. The number of carbonyl (C=O) groups excluding carboxylic acids is 1. The van der Waals surface area contributed by atoms with Crippen molar-refractivity contribution in [1.29, 1.82) is 0 Å². The molecule has 1 atom stereocenters. The van der Waals surface area contributed by atoms with E-state index in [2.05, 4.69) is 5.32 Å². The molecule has 0 spiro atoms. The summed E-state index contributed by atoms with van der Waals surface area (Å²) in [4.78, 5) is 14.0. The molecule has 1 aliphatic heterocycles. The van der Waals surface area contributed by atoms with Gasteiger partial charge in [0.2, 0.25) is 0 Å². The number of anilines is 1. The van der Waals surface area contributed by atoms with Crippen LogP contribution in [-0.4, -0.2) is 50.4 Å². The van der Waals surface area contributed by atoms with Gasteiger partial charge >= 0.3 is 0 Å². The van der Waals surface area contributed by atoms with Crippen LogP contribution in [0.1, 0.15) is 17.3 Å². The second-order valence-corrected chi connectivity index (χ2v) is 7.02. The van der Waals surface area contributed by atoms with Gasteiger partial charge in [-0.2, -0.15) is 0 Å². The molecule has 0 saturated carbocycles. The van der Waals surface area contributed by atoms with Crippen LogP contribution in [0, 0.1) is 0 Å². The van der Waals surface area contributed by atoms with Gasteiger partial charge in [-0.15, -0.1) is 0 Å². The standard InChI is InChI=1S/C13H18N2O3S/c1-10-9-19(17,18)8-7-15(10)13(16)11-3-5-12(14-2)6-4-11/h3-6,10,14H,7-9H2,1-2H3. The normalized spacial score (nSPS) is 22.0. The second-order valence-electron chi connectivity index (χ2n) is 4.79. The van der Waals surface area contributed by atoms with Crippen LogP contribution in [0.3, 0.4) is 0 Å². The van der Waals surface area contributed by atoms with Gasteiger partial charge in [0, 0.05) is 30.9 Å². The molecule has 1 aromatic carbocycles. The van der Waals surface area contributed by atoms with Crippen LogP contribution in [0.25, 0.3) is 0 Å². The van der Waals surface area contributed by atoms with Gasteiger partial charge in [0.1, 0.15) is 0 Å². The molecule has 1 fully saturated rings. The number of benzene rings is 1. The van der Waals surface area contributed by atoms with E-state index >= 15 is 0 Å². The van der Waals surface area contributed by atoms with Crippen molar-refractivity contribution >= 4 is 21.4 Å². The topological polar surface area (TPSA) is 66.5 Å². The van der Waals surface area contributed by atoms with Crippen molar-refractivity contribution in [2.45, 2.75) is 13.0 Å². The van der Waals surface area contributed by atoms with Crippen LogP contribution in [0.2, 0.25) is 0 Å². The molecule has 1 N–H and O–H groups in total. The monoisotopic (exact) mass is 282 g/mol. The van der Waals surface area contributed by atoms with Crippen molar-refractivity contribution in [1.82, 2.24) is 4.90 Å². The van der Waals surface area contributed by atoms with Gasteiger partial charge in [-0.3, -0.25) is 4.79 Å². The van der Waals surface area contributed by atoms with Gasteiger partial charge < -0.3 is 10.2 Å². The number of rotatable bonds is 2. The predicted octanol–water partition coefficient (Wildman–Crippen LogP) is 0.987. The summed E-state index contributed by atoms with van der Waals surface area (Å²) >= 11 is 0. The van der Waals surface area contributed by atoms with Gasteiger partial charge in [0.25, 0.3) is 5.91 Å². The molecule has 104 valence electrons. The molecule has 6 heteroatoms. The third-order valence-electron chi connectivity index (χ3n) is 3.35. The number of nitrogens with one attached hydrogen (secondary N) is 1. The minimum atomic E-state index is -3.00. The summed E-state index contributed by atoms with van der Waals surface area (Å²) < 4.78 is 23.0. The van der Waals surface area contributed by atoms with Crippen LogP contribution in [0.5, 0.6) is 0 Å². The fraction of sp³-hybridized carbons (Fsp3) is 0.462. The molecule has 0 radical (unpaired) electrons. The first-order valence-electron chi connectivity index (χ1n) is 6.22. The summed E-state index contributed by atoms with van der Waals surface area (Å²) in [6.45, 7) is 2.05. The highest BCUT2D eigenvalue weighted by Gasteiger charge is 2.31. The first-order chi connectivity index (χ1) is 8.93. The number of hydrogen-bond acceptors (Lipinski definition) is 4. The van der Waals surface area contributed by atoms with E-state index in [1.165, 1.54) is 0 Å². The Labute approximate surface area is 113 Å². The lowest BCUT2D eigenvalue weighted by Crippen LogP contribution is -2.49. The van der Waals surface area contributed by atoms with E-state index in [1.54, 1.807) is 24.0 Å². The summed E-state index contributed by atoms with van der Waals surface area (Å²) in [6, 6.07) is 6.90. The van der Waals surface area contributed by atoms with Crippen LogP contribution in [0.15, 0.2) is 24.3 Å². The predicted molar refractivity (Wildman–Crippen MR) is 75.1 cm³/mol. The highest BCUT2D eigenvalue weighted by molar-refractivity contribution is 7.91. The quantitative estimate of drug-likeness (QED) is 0.878. The van der Waals surface area contributed by atoms with Crippen molar-refractivity contribution in [3.8, 4) is 0 Å². The Balaban J connectivity index is 2.15. The molecule has 0 aliphatic carbocycles. The van der Waals surface area contributed by atoms with Crippen molar-refractivity contribution in [3.05, 3.63) is 29.8 Å². The summed E-state index contributed by atoms with van der Waals surface area (Å²) in [5, 5.41) is 2.99. The summed E-state index contributed by atoms with van der Waals surface area (Å²) in [6.07, 6.45) is 0. The number of hydrogen-bond donors (Lipinski definition) is 1. The molecule has 0 bridgehead atoms. The molecule has 1 heterocycles. The molecule has 1 unspecified atom stereocenters. The minimum absolute atomic E-state index is 0.0489. The molecule has 0 aromatic heterocycles. The average Bonchev–Trinajstić information content (AvgIpc) is 2.37. The second kappa shape index (κ2) is 5.21. The molecule has 5 nitrogen and oxygen atoms in total. The SMILES string of the molecule is CNc1ccc(C(=O)N2CCS(=O)(=O)CC2C)cc1. The molecule has 1 aromatic rings. The molecule has 1 aliphatic rings. The van der Waals surface area contributed by atoms with E-state index < -0.39 is 9.84 Å². The smallest absolute Gasteiger partial charge is 0.254 e. The van der Waals surface area contributed by atoms with Crippen LogP contribution < -0.4 is 5.32 Å². The number of amides is 1. The maximum atomic E-state index is 12.3. The Hall–Kier alpha value is -1.56. The molecule has 19 heavy (non-hydrogen) atoms. The number of nitrogens with zero attached hydrogens (tertiary/aromatic N) is 1. The van der Waals surface area contributed by atoms with Crippen molar-refractivity contribution in [2.24, 2.45) is 0 Å². The van der Waals surface area contributed by atoms with Gasteiger partial charge in [-0.25, -0.2) is 8.42 Å². The molecule has 1 saturated heterocycles. The highest BCUT2D eigenvalue weighted by Crippen LogP contribution is 2.16. The average molecular weight is 282 g/mol.